The normalized spacial score (nSPS) is 14.8. The number of hydrogen-bond acceptors (Lipinski definition) is 8. The number of H-pyrrole nitrogens is 1. The van der Waals surface area contributed by atoms with Crippen LogP contribution in [0.4, 0.5) is 4.79 Å². The number of ether oxygens (including phenoxy) is 3. The number of halogens is 1. The van der Waals surface area contributed by atoms with Crippen LogP contribution in [-0.2, 0) is 11.2 Å². The van der Waals surface area contributed by atoms with E-state index in [1.807, 2.05) is 33.8 Å². The fraction of sp³-hybridized carbons (Fsp3) is 0.423. The van der Waals surface area contributed by atoms with E-state index in [1.54, 1.807) is 29.4 Å². The van der Waals surface area contributed by atoms with Gasteiger partial charge in [-0.25, -0.2) is 4.79 Å². The molecule has 0 aliphatic carbocycles. The lowest BCUT2D eigenvalue weighted by atomic mass is 10.1. The molecule has 194 valence electrons. The Balaban J connectivity index is 1.38. The summed E-state index contributed by atoms with van der Waals surface area (Å²) in [6, 6.07) is 5.52. The summed E-state index contributed by atoms with van der Waals surface area (Å²) >= 11 is 6.67. The lowest BCUT2D eigenvalue weighted by Crippen LogP contribution is -2.44. The van der Waals surface area contributed by atoms with Crippen LogP contribution < -0.4 is 9.47 Å². The number of aromatic nitrogens is 5. The minimum absolute atomic E-state index is 0.123. The van der Waals surface area contributed by atoms with E-state index in [9.17, 15) is 4.79 Å². The Hall–Kier alpha value is -3.66. The predicted molar refractivity (Wildman–Crippen MR) is 139 cm³/mol. The second-order valence-electron chi connectivity index (χ2n) is 9.90. The molecule has 37 heavy (non-hydrogen) atoms. The number of likely N-dealkylation sites (tertiary alicyclic amines) is 1. The van der Waals surface area contributed by atoms with Crippen molar-refractivity contribution in [1.82, 2.24) is 29.8 Å². The smallest absolute Gasteiger partial charge is 0.410 e. The summed E-state index contributed by atoms with van der Waals surface area (Å²) in [7, 11) is 0. The maximum atomic E-state index is 12.4. The third kappa shape index (κ3) is 5.53. The first-order chi connectivity index (χ1) is 17.7. The van der Waals surface area contributed by atoms with Gasteiger partial charge in [-0.3, -0.25) is 9.97 Å². The van der Waals surface area contributed by atoms with Gasteiger partial charge in [-0.05, 0) is 39.3 Å². The molecular formula is C26H29ClN6O4. The fourth-order valence-corrected chi connectivity index (χ4v) is 4.54. The predicted octanol–water partition coefficient (Wildman–Crippen LogP) is 5.69. The molecule has 0 atom stereocenters. The molecule has 0 saturated carbocycles. The van der Waals surface area contributed by atoms with Gasteiger partial charge in [0.1, 0.15) is 28.5 Å². The number of carbonyl (C=O) groups excluding carboxylic acids is 1. The van der Waals surface area contributed by atoms with Crippen molar-refractivity contribution in [3.63, 3.8) is 0 Å². The molecule has 1 aliphatic rings. The van der Waals surface area contributed by atoms with Gasteiger partial charge in [0.2, 0.25) is 5.88 Å². The highest BCUT2D eigenvalue weighted by Gasteiger charge is 2.29. The largest absolute Gasteiger partial charge is 0.474 e. The molecule has 4 aromatic rings. The summed E-state index contributed by atoms with van der Waals surface area (Å²) in [5.74, 6) is 0.870. The Morgan fingerprint density at radius 2 is 1.86 bits per heavy atom. The number of hydrogen-bond donors (Lipinski definition) is 1. The van der Waals surface area contributed by atoms with Crippen LogP contribution in [0.2, 0.25) is 5.02 Å². The summed E-state index contributed by atoms with van der Waals surface area (Å²) in [4.78, 5) is 35.1. The molecular weight excluding hydrogens is 496 g/mol. The van der Waals surface area contributed by atoms with Crippen molar-refractivity contribution in [2.24, 2.45) is 0 Å². The Bertz CT molecular complexity index is 1440. The van der Waals surface area contributed by atoms with Gasteiger partial charge in [-0.15, -0.1) is 0 Å². The van der Waals surface area contributed by atoms with E-state index in [-0.39, 0.29) is 18.2 Å². The number of fused-ring (bicyclic) bond motifs is 2. The minimum atomic E-state index is -0.535. The molecule has 10 nitrogen and oxygen atoms in total. The first-order valence-corrected chi connectivity index (χ1v) is 12.7. The molecule has 0 spiro atoms. The van der Waals surface area contributed by atoms with Crippen molar-refractivity contribution < 1.29 is 19.0 Å². The maximum absolute atomic E-state index is 12.4. The molecule has 5 rings (SSSR count). The zero-order valence-electron chi connectivity index (χ0n) is 21.2. The van der Waals surface area contributed by atoms with Crippen LogP contribution in [0.5, 0.6) is 17.6 Å². The Kier molecular flexibility index (Phi) is 6.76. The molecule has 1 fully saturated rings. The van der Waals surface area contributed by atoms with E-state index in [1.165, 1.54) is 0 Å². The highest BCUT2D eigenvalue weighted by Crippen LogP contribution is 2.36. The van der Waals surface area contributed by atoms with Gasteiger partial charge in [0, 0.05) is 50.1 Å². The number of nitrogens with one attached hydrogen (secondary N) is 1. The molecule has 1 aromatic carbocycles. The summed E-state index contributed by atoms with van der Waals surface area (Å²) < 4.78 is 17.8. The topological polar surface area (TPSA) is 115 Å². The highest BCUT2D eigenvalue weighted by atomic mass is 35.5. The van der Waals surface area contributed by atoms with Gasteiger partial charge in [0.05, 0.1) is 16.1 Å². The average Bonchev–Trinajstić information content (AvgIpc) is 3.19. The SMILES string of the molecule is CCc1[nH]c2nc(Oc3ccc4nccnc4c3)nc(OC3CCN(C(=O)OC(C)(C)C)CC3)c2c1Cl. The third-order valence-electron chi connectivity index (χ3n) is 5.98. The van der Waals surface area contributed by atoms with Gasteiger partial charge < -0.3 is 24.1 Å². The number of piperidine rings is 1. The second kappa shape index (κ2) is 10.0. The molecule has 1 aliphatic heterocycles. The van der Waals surface area contributed by atoms with Crippen molar-refractivity contribution in [2.75, 3.05) is 13.1 Å². The number of aryl methyl sites for hydroxylation is 1. The van der Waals surface area contributed by atoms with E-state index >= 15 is 0 Å². The fourth-order valence-electron chi connectivity index (χ4n) is 4.18. The van der Waals surface area contributed by atoms with Crippen molar-refractivity contribution in [3.05, 3.63) is 41.3 Å². The summed E-state index contributed by atoms with van der Waals surface area (Å²) in [5.41, 5.74) is 2.30. The van der Waals surface area contributed by atoms with E-state index < -0.39 is 5.60 Å². The maximum Gasteiger partial charge on any atom is 0.410 e. The molecule has 0 radical (unpaired) electrons. The number of benzene rings is 1. The van der Waals surface area contributed by atoms with Crippen LogP contribution >= 0.6 is 11.6 Å². The van der Waals surface area contributed by atoms with E-state index in [2.05, 4.69) is 24.9 Å². The number of carbonyl (C=O) groups is 1. The second-order valence-corrected chi connectivity index (χ2v) is 10.3. The van der Waals surface area contributed by atoms with Crippen LogP contribution in [0.15, 0.2) is 30.6 Å². The molecule has 1 N–H and O–H groups in total. The highest BCUT2D eigenvalue weighted by molar-refractivity contribution is 6.36. The third-order valence-corrected chi connectivity index (χ3v) is 6.40. The first kappa shape index (κ1) is 25.0. The van der Waals surface area contributed by atoms with E-state index in [0.717, 1.165) is 11.2 Å². The zero-order valence-corrected chi connectivity index (χ0v) is 22.0. The number of aromatic amines is 1. The molecule has 1 saturated heterocycles. The minimum Gasteiger partial charge on any atom is -0.474 e. The molecule has 4 heterocycles. The van der Waals surface area contributed by atoms with Gasteiger partial charge >= 0.3 is 12.1 Å². The molecule has 0 bridgehead atoms. The number of rotatable bonds is 5. The van der Waals surface area contributed by atoms with Crippen molar-refractivity contribution in [1.29, 1.82) is 0 Å². The molecule has 11 heteroatoms. The van der Waals surface area contributed by atoms with Crippen LogP contribution in [0, 0.1) is 0 Å². The van der Waals surface area contributed by atoms with Gasteiger partial charge in [0.15, 0.2) is 0 Å². The van der Waals surface area contributed by atoms with Gasteiger partial charge in [0.25, 0.3) is 0 Å². The van der Waals surface area contributed by atoms with Crippen LogP contribution in [0.1, 0.15) is 46.2 Å². The molecule has 1 amide bonds. The summed E-state index contributed by atoms with van der Waals surface area (Å²) in [6.45, 7) is 8.63. The summed E-state index contributed by atoms with van der Waals surface area (Å²) in [5, 5.41) is 1.15. The first-order valence-electron chi connectivity index (χ1n) is 12.3. The zero-order chi connectivity index (χ0) is 26.2. The van der Waals surface area contributed by atoms with Crippen molar-refractivity contribution in [3.8, 4) is 17.6 Å². The average molecular weight is 525 g/mol. The summed E-state index contributed by atoms with van der Waals surface area (Å²) in [6.07, 6.45) is 4.76. The Morgan fingerprint density at radius 1 is 1.14 bits per heavy atom. The van der Waals surface area contributed by atoms with Crippen LogP contribution in [-0.4, -0.2) is 60.7 Å². The standard InChI is InChI=1S/C26H29ClN6O4/c1-5-17-21(27)20-22(30-17)31-24(36-16-6-7-18-19(14-16)29-11-10-28-18)32-23(20)35-15-8-12-33(13-9-15)25(34)37-26(2,3)4/h6-7,10-11,14-15H,5,8-9,12-13H2,1-4H3,(H,30,31,32). The van der Waals surface area contributed by atoms with Crippen LogP contribution in [0.3, 0.4) is 0 Å². The van der Waals surface area contributed by atoms with Crippen molar-refractivity contribution in [2.45, 2.75) is 58.7 Å². The van der Waals surface area contributed by atoms with Gasteiger partial charge in [-0.2, -0.15) is 9.97 Å². The Morgan fingerprint density at radius 3 is 2.57 bits per heavy atom. The lowest BCUT2D eigenvalue weighted by molar-refractivity contribution is 0.0124. The number of amides is 1. The van der Waals surface area contributed by atoms with Crippen LogP contribution in [0.25, 0.3) is 22.1 Å². The molecule has 0 unspecified atom stereocenters. The van der Waals surface area contributed by atoms with E-state index in [4.69, 9.17) is 25.8 Å². The molecule has 3 aromatic heterocycles. The van der Waals surface area contributed by atoms with Crippen molar-refractivity contribution >= 4 is 39.8 Å². The van der Waals surface area contributed by atoms with Gasteiger partial charge in [-0.1, -0.05) is 18.5 Å². The lowest BCUT2D eigenvalue weighted by Gasteiger charge is -2.33. The quantitative estimate of drug-likeness (QED) is 0.354. The number of nitrogens with zero attached hydrogens (tertiary/aromatic N) is 5. The monoisotopic (exact) mass is 524 g/mol. The Labute approximate surface area is 219 Å². The van der Waals surface area contributed by atoms with E-state index in [0.29, 0.717) is 65.6 Å².